The molecule has 0 radical (unpaired) electrons. The van der Waals surface area contributed by atoms with Gasteiger partial charge in [0.15, 0.2) is 11.3 Å². The summed E-state index contributed by atoms with van der Waals surface area (Å²) in [6.45, 7) is 3.65. The van der Waals surface area contributed by atoms with Crippen molar-refractivity contribution in [1.82, 2.24) is 24.3 Å². The molecule has 3 heterocycles. The van der Waals surface area contributed by atoms with Crippen molar-refractivity contribution in [3.8, 4) is 23.4 Å². The zero-order valence-electron chi connectivity index (χ0n) is 64.1. The molecule has 0 aliphatic rings. The Morgan fingerprint density at radius 2 is 0.984 bits per heavy atom. The van der Waals surface area contributed by atoms with Gasteiger partial charge in [-0.1, -0.05) is 18.2 Å². The number of benzene rings is 7. The van der Waals surface area contributed by atoms with Gasteiger partial charge in [0.25, 0.3) is 70.8 Å². The summed E-state index contributed by atoms with van der Waals surface area (Å²) < 4.78 is 328. The highest BCUT2D eigenvalue weighted by atomic mass is 32.2. The minimum Gasteiger partial charge on any atom is -0.497 e. The first kappa shape index (κ1) is 101. The molecule has 0 spiro atoms. The van der Waals surface area contributed by atoms with Gasteiger partial charge in [0.2, 0.25) is 23.7 Å². The third-order valence-electron chi connectivity index (χ3n) is 15.8. The number of anilines is 5. The second kappa shape index (κ2) is 43.5. The quantitative estimate of drug-likeness (QED) is 0.00761. The molecule has 0 atom stereocenters. The first-order valence-corrected chi connectivity index (χ1v) is 49.7. The fourth-order valence-corrected chi connectivity index (χ4v) is 16.6. The average Bonchev–Trinajstić information content (AvgIpc) is 1.55. The second-order valence-corrected chi connectivity index (χ2v) is 38.8. The molecule has 10 rings (SSSR count). The maximum absolute atomic E-state index is 12.8. The number of pyridine rings is 1. The summed E-state index contributed by atoms with van der Waals surface area (Å²) in [5.41, 5.74) is 0.146. The predicted molar refractivity (Wildman–Crippen MR) is 446 cm³/mol. The van der Waals surface area contributed by atoms with Crippen LogP contribution in [0, 0.1) is 32.1 Å². The van der Waals surface area contributed by atoms with Gasteiger partial charge in [-0.25, -0.2) is 4.98 Å². The van der Waals surface area contributed by atoms with Crippen LogP contribution in [0.1, 0.15) is 41.5 Å². The molecule has 0 amide bonds. The number of hydrogen-bond donors (Lipinski definition) is 11. The monoisotopic (exact) mass is 1980 g/mol. The zero-order chi connectivity index (χ0) is 93.8. The van der Waals surface area contributed by atoms with Gasteiger partial charge in [-0.05, 0) is 147 Å². The minimum absolute atomic E-state index is 0.0149. The van der Waals surface area contributed by atoms with Gasteiger partial charge in [0.05, 0.1) is 75.4 Å². The van der Waals surface area contributed by atoms with Gasteiger partial charge in [-0.3, -0.25) is 36.3 Å². The number of aryl methyl sites for hydroxylation is 2. The number of methoxy groups -OCH3 is 1. The number of aromatic hydroxyl groups is 1. The molecule has 0 aliphatic carbocycles. The number of aromatic nitrogens is 5. The Bertz CT molecular complexity index is 7260. The zero-order valence-corrected chi connectivity index (χ0v) is 73.9. The molecule has 11 N–H and O–H groups in total. The topological polar surface area (TPSA) is 788 Å². The molecular weight excluding hydrogens is 1920 g/mol. The SMILES string of the molecule is COc1ccc2c(c1)nc1c(C#N)c(C)c(N=Nc3cc(C)c(N=Nc4cc(Nc5nc(NCCS(=O)(=O)O)nc(Nc6cccc(S(=O)(=O)O)c6)n5)c(N=Nc5cc(C)c(N=Nc6cc7c(S(=O)(=O)O)cccc7cc6S(=O)(=O)O)cc5SCCCS(=O)(=O)O)cc4SCCCS(=O)(=O)O)cc3OCCCS(=O)(=O)O)c(O)n12.O=S(=O)=O.O=S(=O)=O.O=S(=O)=O. The highest BCUT2D eigenvalue weighted by Gasteiger charge is 2.26. The van der Waals surface area contributed by atoms with Crippen molar-refractivity contribution in [3.05, 3.63) is 131 Å². The fourth-order valence-electron chi connectivity index (χ4n) is 10.6. The van der Waals surface area contributed by atoms with Crippen LogP contribution < -0.4 is 25.4 Å². The Morgan fingerprint density at radius 3 is 1.53 bits per heavy atom. The molecule has 62 heteroatoms. The summed E-state index contributed by atoms with van der Waals surface area (Å²) in [5.74, 6) is -4.61. The smallest absolute Gasteiger partial charge is 0.425 e. The molecule has 0 fully saturated rings. The van der Waals surface area contributed by atoms with Crippen molar-refractivity contribution in [2.24, 2.45) is 40.9 Å². The van der Waals surface area contributed by atoms with Crippen LogP contribution in [0.3, 0.4) is 0 Å². The van der Waals surface area contributed by atoms with Crippen LogP contribution in [-0.4, -0.2) is 213 Å². The summed E-state index contributed by atoms with van der Waals surface area (Å²) >= 11 is 1.89. The van der Waals surface area contributed by atoms with Gasteiger partial charge in [-0.2, -0.15) is 89.4 Å². The number of ether oxygens (including phenoxy) is 2. The molecule has 7 aromatic carbocycles. The molecule has 3 aromatic heterocycles. The van der Waals surface area contributed by atoms with Crippen LogP contribution >= 0.6 is 23.5 Å². The summed E-state index contributed by atoms with van der Waals surface area (Å²) in [5, 5.41) is 65.8. The van der Waals surface area contributed by atoms with E-state index in [1.165, 1.54) is 86.0 Å². The number of thioether (sulfide) groups is 2. The first-order valence-electron chi connectivity index (χ1n) is 34.0. The molecule has 50 nitrogen and oxygen atoms in total. The number of hydrogen-bond acceptors (Lipinski definition) is 44. The van der Waals surface area contributed by atoms with E-state index in [1.54, 1.807) is 25.1 Å². The Morgan fingerprint density at radius 1 is 0.492 bits per heavy atom. The van der Waals surface area contributed by atoms with Crippen molar-refractivity contribution in [1.29, 1.82) is 5.26 Å². The average molecular weight is 1980 g/mol. The van der Waals surface area contributed by atoms with Gasteiger partial charge >= 0.3 is 31.8 Å². The van der Waals surface area contributed by atoms with Crippen molar-refractivity contribution in [2.45, 2.75) is 64.5 Å². The fraction of sp³-hybridized carbons (Fsp3) is 0.234. The van der Waals surface area contributed by atoms with Crippen molar-refractivity contribution in [3.63, 3.8) is 0 Å². The van der Waals surface area contributed by atoms with Crippen molar-refractivity contribution >= 4 is 228 Å². The van der Waals surface area contributed by atoms with Crippen LogP contribution in [0.5, 0.6) is 17.4 Å². The number of azo groups is 4. The minimum atomic E-state index is -5.13. The Labute approximate surface area is 726 Å². The Balaban J connectivity index is 0.00000170. The second-order valence-electron chi connectivity index (χ2n) is 24.9. The van der Waals surface area contributed by atoms with E-state index >= 15 is 0 Å². The standard InChI is InChI=1S/C64H63N17O24S9.3O3S/c1-35-24-49(76-80-59-37(3)43(34-65)60-68-48-28-40(104-4)14-15-53(48)81(60)61(59)82)54(105-17-7-20-108(83,84)85)31-44(35)73-78-51-30-46(69-64-71-62(66-16-23-111(92,93)94)70-63(72-64)67-39-11-6-12-41(27-39)112(95,96)97)47(33-56(51)107-19-9-22-110(89,90)91)75-77-50-25-36(2)45(32-55(50)106-18-8-21-109(86,87)88)74-79-52-29-42-38(26-58(52)114(101,102)103)10-5-13-57(42)113(98,99)100;3*1-4(2)3/h5-6,10-15,24-33,82H,7-9,16-23H2,1-4H3,(H,83,84,85)(H,86,87,88)(H,89,90,91)(H,92,93,94)(H,95,96,97)(H,98,99,100)(H,101,102,103)(H3,66,67,69,70,71,72);;;. The summed E-state index contributed by atoms with van der Waals surface area (Å²) in [7, 11) is -40.9. The van der Waals surface area contributed by atoms with Crippen molar-refractivity contribution < 1.29 is 143 Å². The molecule has 0 aliphatic heterocycles. The highest BCUT2D eigenvalue weighted by Crippen LogP contribution is 2.46. The molecule has 0 bridgehead atoms. The van der Waals surface area contributed by atoms with E-state index in [2.05, 4.69) is 82.9 Å². The number of rotatable bonds is 35. The van der Waals surface area contributed by atoms with E-state index in [4.69, 9.17) is 47.4 Å². The highest BCUT2D eigenvalue weighted by molar-refractivity contribution is 7.99. The van der Waals surface area contributed by atoms with E-state index in [9.17, 15) is 101 Å². The van der Waals surface area contributed by atoms with Crippen LogP contribution in [0.15, 0.2) is 175 Å². The van der Waals surface area contributed by atoms with Crippen LogP contribution in [0.2, 0.25) is 0 Å². The summed E-state index contributed by atoms with van der Waals surface area (Å²) in [6, 6.07) is 25.2. The third-order valence-corrected chi connectivity index (χ3v) is 23.9. The lowest BCUT2D eigenvalue weighted by atomic mass is 10.1. The first-order chi connectivity index (χ1) is 58.6. The normalized spacial score (nSPS) is 12.2. The lowest BCUT2D eigenvalue weighted by Gasteiger charge is -2.15. The van der Waals surface area contributed by atoms with E-state index < -0.39 is 176 Å². The molecular formula is C64H63N17O33S12. The Kier molecular flexibility index (Phi) is 35.0. The summed E-state index contributed by atoms with van der Waals surface area (Å²) in [6.07, 6.45) is -0.626. The number of nitrogens with one attached hydrogen (secondary N) is 3. The lowest BCUT2D eigenvalue weighted by molar-refractivity contribution is 0.317. The third kappa shape index (κ3) is 31.5. The van der Waals surface area contributed by atoms with Gasteiger partial charge in [-0.15, -0.1) is 92.1 Å². The Hall–Kier alpha value is -11.6. The summed E-state index contributed by atoms with van der Waals surface area (Å²) in [4.78, 5) is 15.9. The van der Waals surface area contributed by atoms with Crippen LogP contribution in [-0.2, 0) is 103 Å². The van der Waals surface area contributed by atoms with Gasteiger partial charge < -0.3 is 30.5 Å². The molecule has 0 saturated heterocycles. The van der Waals surface area contributed by atoms with Gasteiger partial charge in [0.1, 0.15) is 55.7 Å². The van der Waals surface area contributed by atoms with E-state index in [1.807, 2.05) is 0 Å². The molecule has 10 aromatic rings. The maximum Gasteiger partial charge on any atom is 0.425 e. The number of nitrogens with zero attached hydrogens (tertiary/aromatic N) is 14. The van der Waals surface area contributed by atoms with Gasteiger partial charge in [0, 0.05) is 45.1 Å². The largest absolute Gasteiger partial charge is 0.497 e. The van der Waals surface area contributed by atoms with Crippen LogP contribution in [0.4, 0.5) is 74.7 Å². The van der Waals surface area contributed by atoms with Crippen LogP contribution in [0.25, 0.3) is 27.5 Å². The van der Waals surface area contributed by atoms with Crippen molar-refractivity contribution in [2.75, 3.05) is 70.7 Å². The molecule has 126 heavy (non-hydrogen) atoms. The molecule has 0 saturated carbocycles. The molecule has 674 valence electrons. The number of nitriles is 1. The predicted octanol–water partition coefficient (Wildman–Crippen LogP) is 9.91. The molecule has 0 unspecified atom stereocenters. The number of imidazole rings is 1. The lowest BCUT2D eigenvalue weighted by Crippen LogP contribution is -2.17. The van der Waals surface area contributed by atoms with E-state index in [-0.39, 0.29) is 143 Å². The van der Waals surface area contributed by atoms with E-state index in [0.717, 1.165) is 53.9 Å². The maximum atomic E-state index is 12.8. The van der Waals surface area contributed by atoms with E-state index in [0.29, 0.717) is 16.8 Å². The number of fused-ring (bicyclic) bond motifs is 4.